The van der Waals surface area contributed by atoms with E-state index in [0.29, 0.717) is 22.7 Å². The van der Waals surface area contributed by atoms with Crippen molar-refractivity contribution in [1.82, 2.24) is 5.16 Å². The van der Waals surface area contributed by atoms with E-state index in [-0.39, 0.29) is 5.91 Å². The van der Waals surface area contributed by atoms with E-state index >= 15 is 0 Å². The molecule has 0 fully saturated rings. The molecule has 5 heteroatoms. The molecule has 0 aliphatic heterocycles. The number of methoxy groups -OCH3 is 1. The van der Waals surface area contributed by atoms with Crippen molar-refractivity contribution in [3.8, 4) is 5.75 Å². The van der Waals surface area contributed by atoms with Crippen molar-refractivity contribution < 1.29 is 14.1 Å². The van der Waals surface area contributed by atoms with Crippen LogP contribution in [-0.4, -0.2) is 18.2 Å². The van der Waals surface area contributed by atoms with Gasteiger partial charge in [-0.25, -0.2) is 0 Å². The Morgan fingerprint density at radius 3 is 2.90 bits per heavy atom. The minimum Gasteiger partial charge on any atom is -0.497 e. The highest BCUT2D eigenvalue weighted by Gasteiger charge is 2.12. The summed E-state index contributed by atoms with van der Waals surface area (Å²) in [5.41, 5.74) is 1.13. The van der Waals surface area contributed by atoms with Crippen LogP contribution in [0.15, 0.2) is 53.1 Å². The Labute approximate surface area is 115 Å². The van der Waals surface area contributed by atoms with E-state index in [9.17, 15) is 4.79 Å². The molecule has 0 bridgehead atoms. The molecule has 1 heterocycles. The standard InChI is InChI=1S/C15H12N2O3/c1-19-11-6-4-5-10(9-11)15(18)16-14-12-7-2-3-8-13(12)20-17-14/h2-9H,1H3,(H,16,17,18). The molecule has 0 saturated heterocycles. The number of fused-ring (bicyclic) bond motifs is 1. The maximum Gasteiger partial charge on any atom is 0.257 e. The van der Waals surface area contributed by atoms with E-state index in [0.717, 1.165) is 5.39 Å². The third-order valence-corrected chi connectivity index (χ3v) is 2.94. The Morgan fingerprint density at radius 2 is 2.05 bits per heavy atom. The number of aromatic nitrogens is 1. The number of rotatable bonds is 3. The van der Waals surface area contributed by atoms with Gasteiger partial charge in [-0.15, -0.1) is 0 Å². The van der Waals surface area contributed by atoms with Crippen LogP contribution in [0.3, 0.4) is 0 Å². The Hall–Kier alpha value is -2.82. The number of carbonyl (C=O) groups is 1. The predicted octanol–water partition coefficient (Wildman–Crippen LogP) is 3.09. The summed E-state index contributed by atoms with van der Waals surface area (Å²) in [6, 6.07) is 14.3. The van der Waals surface area contributed by atoms with Gasteiger partial charge in [0.05, 0.1) is 12.5 Å². The second-order valence-corrected chi connectivity index (χ2v) is 4.21. The van der Waals surface area contributed by atoms with E-state index in [1.807, 2.05) is 18.2 Å². The number of amides is 1. The minimum atomic E-state index is -0.261. The number of hydrogen-bond donors (Lipinski definition) is 1. The van der Waals surface area contributed by atoms with Gasteiger partial charge in [-0.3, -0.25) is 4.79 Å². The zero-order valence-corrected chi connectivity index (χ0v) is 10.8. The first kappa shape index (κ1) is 12.2. The highest BCUT2D eigenvalue weighted by Crippen LogP contribution is 2.23. The zero-order chi connectivity index (χ0) is 13.9. The van der Waals surface area contributed by atoms with Crippen molar-refractivity contribution in [2.24, 2.45) is 0 Å². The largest absolute Gasteiger partial charge is 0.497 e. The lowest BCUT2D eigenvalue weighted by molar-refractivity contribution is 0.102. The van der Waals surface area contributed by atoms with Crippen LogP contribution in [0.25, 0.3) is 11.0 Å². The summed E-state index contributed by atoms with van der Waals surface area (Å²) < 4.78 is 10.2. The van der Waals surface area contributed by atoms with Gasteiger partial charge in [0.1, 0.15) is 5.75 Å². The van der Waals surface area contributed by atoms with Crippen molar-refractivity contribution in [1.29, 1.82) is 0 Å². The van der Waals surface area contributed by atoms with Gasteiger partial charge in [0.15, 0.2) is 11.4 Å². The van der Waals surface area contributed by atoms with E-state index in [1.165, 1.54) is 0 Å². The number of carbonyl (C=O) groups excluding carboxylic acids is 1. The third-order valence-electron chi connectivity index (χ3n) is 2.94. The van der Waals surface area contributed by atoms with Crippen LogP contribution in [0.4, 0.5) is 5.82 Å². The van der Waals surface area contributed by atoms with Gasteiger partial charge >= 0.3 is 0 Å². The normalized spacial score (nSPS) is 10.4. The maximum absolute atomic E-state index is 12.2. The lowest BCUT2D eigenvalue weighted by Gasteiger charge is -2.04. The van der Waals surface area contributed by atoms with E-state index in [2.05, 4.69) is 10.5 Å². The van der Waals surface area contributed by atoms with Gasteiger partial charge in [0.25, 0.3) is 5.91 Å². The van der Waals surface area contributed by atoms with E-state index in [1.54, 1.807) is 37.4 Å². The van der Waals surface area contributed by atoms with Crippen molar-refractivity contribution in [3.63, 3.8) is 0 Å². The second-order valence-electron chi connectivity index (χ2n) is 4.21. The molecule has 0 unspecified atom stereocenters. The number of nitrogens with one attached hydrogen (secondary N) is 1. The Balaban J connectivity index is 1.88. The molecule has 0 spiro atoms. The molecular weight excluding hydrogens is 256 g/mol. The number of benzene rings is 2. The molecule has 3 rings (SSSR count). The zero-order valence-electron chi connectivity index (χ0n) is 10.8. The first-order chi connectivity index (χ1) is 9.78. The molecule has 1 amide bonds. The Bertz CT molecular complexity index is 764. The number of hydrogen-bond acceptors (Lipinski definition) is 4. The monoisotopic (exact) mass is 268 g/mol. The first-order valence-electron chi connectivity index (χ1n) is 6.08. The second kappa shape index (κ2) is 5.05. The number of ether oxygens (including phenoxy) is 1. The number of nitrogens with zero attached hydrogens (tertiary/aromatic N) is 1. The van der Waals surface area contributed by atoms with Gasteiger partial charge in [0, 0.05) is 5.56 Å². The molecule has 20 heavy (non-hydrogen) atoms. The van der Waals surface area contributed by atoms with Crippen LogP contribution in [0, 0.1) is 0 Å². The van der Waals surface area contributed by atoms with Crippen LogP contribution >= 0.6 is 0 Å². The average molecular weight is 268 g/mol. The average Bonchev–Trinajstić information content (AvgIpc) is 2.90. The molecular formula is C15H12N2O3. The van der Waals surface area contributed by atoms with Crippen molar-refractivity contribution in [2.45, 2.75) is 0 Å². The summed E-state index contributed by atoms with van der Waals surface area (Å²) in [5, 5.41) is 7.37. The lowest BCUT2D eigenvalue weighted by atomic mass is 10.2. The molecule has 1 aromatic heterocycles. The summed E-state index contributed by atoms with van der Waals surface area (Å²) in [4.78, 5) is 12.2. The summed E-state index contributed by atoms with van der Waals surface area (Å²) in [6.45, 7) is 0. The van der Waals surface area contributed by atoms with Crippen LogP contribution in [-0.2, 0) is 0 Å². The molecule has 5 nitrogen and oxygen atoms in total. The fourth-order valence-electron chi connectivity index (χ4n) is 1.92. The van der Waals surface area contributed by atoms with Gasteiger partial charge in [-0.2, -0.15) is 0 Å². The molecule has 100 valence electrons. The third kappa shape index (κ3) is 2.21. The summed E-state index contributed by atoms with van der Waals surface area (Å²) >= 11 is 0. The van der Waals surface area contributed by atoms with Gasteiger partial charge < -0.3 is 14.6 Å². The summed E-state index contributed by atoms with van der Waals surface area (Å²) in [7, 11) is 1.56. The van der Waals surface area contributed by atoms with Gasteiger partial charge in [-0.05, 0) is 30.3 Å². The van der Waals surface area contributed by atoms with Crippen molar-refractivity contribution in [3.05, 3.63) is 54.1 Å². The Kier molecular flexibility index (Phi) is 3.09. The topological polar surface area (TPSA) is 64.4 Å². The van der Waals surface area contributed by atoms with Crippen molar-refractivity contribution in [2.75, 3.05) is 12.4 Å². The van der Waals surface area contributed by atoms with Crippen LogP contribution in [0.5, 0.6) is 5.75 Å². The lowest BCUT2D eigenvalue weighted by Crippen LogP contribution is -2.12. The van der Waals surface area contributed by atoms with Gasteiger partial charge in [-0.1, -0.05) is 23.4 Å². The fourth-order valence-corrected chi connectivity index (χ4v) is 1.92. The van der Waals surface area contributed by atoms with Crippen LogP contribution in [0.1, 0.15) is 10.4 Å². The Morgan fingerprint density at radius 1 is 1.20 bits per heavy atom. The quantitative estimate of drug-likeness (QED) is 0.792. The first-order valence-corrected chi connectivity index (χ1v) is 6.08. The smallest absolute Gasteiger partial charge is 0.257 e. The summed E-state index contributed by atoms with van der Waals surface area (Å²) in [5.74, 6) is 0.777. The van der Waals surface area contributed by atoms with Crippen LogP contribution < -0.4 is 10.1 Å². The SMILES string of the molecule is COc1cccc(C(=O)Nc2noc3ccccc23)c1. The number of anilines is 1. The molecule has 3 aromatic rings. The molecule has 1 N–H and O–H groups in total. The summed E-state index contributed by atoms with van der Waals surface area (Å²) in [6.07, 6.45) is 0. The predicted molar refractivity (Wildman–Crippen MR) is 75.0 cm³/mol. The van der Waals surface area contributed by atoms with E-state index < -0.39 is 0 Å². The minimum absolute atomic E-state index is 0.261. The fraction of sp³-hybridized carbons (Fsp3) is 0.0667. The highest BCUT2D eigenvalue weighted by molar-refractivity contribution is 6.07. The number of para-hydroxylation sites is 1. The molecule has 0 aliphatic rings. The van der Waals surface area contributed by atoms with Gasteiger partial charge in [0.2, 0.25) is 0 Å². The molecule has 0 aliphatic carbocycles. The van der Waals surface area contributed by atoms with E-state index in [4.69, 9.17) is 9.26 Å². The van der Waals surface area contributed by atoms with Crippen molar-refractivity contribution >= 4 is 22.7 Å². The molecule has 0 saturated carbocycles. The molecule has 0 atom stereocenters. The highest BCUT2D eigenvalue weighted by atomic mass is 16.5. The van der Waals surface area contributed by atoms with Crippen LogP contribution in [0.2, 0.25) is 0 Å². The molecule has 0 radical (unpaired) electrons. The molecule has 2 aromatic carbocycles. The maximum atomic E-state index is 12.2.